The molecule has 1 saturated heterocycles. The van der Waals surface area contributed by atoms with Crippen LogP contribution < -0.4 is 0 Å². The number of aliphatic hydroxyl groups is 2. The number of piperidine rings is 1. The summed E-state index contributed by atoms with van der Waals surface area (Å²) in [5.41, 5.74) is 0.327. The van der Waals surface area contributed by atoms with Gasteiger partial charge in [-0.3, -0.25) is 4.79 Å². The molecule has 1 atom stereocenters. The molecule has 1 fully saturated rings. The molecule has 18 heavy (non-hydrogen) atoms. The third kappa shape index (κ3) is 2.70. The van der Waals surface area contributed by atoms with E-state index in [2.05, 4.69) is 5.16 Å². The second kappa shape index (κ2) is 5.49. The minimum atomic E-state index is -0.684. The average Bonchev–Trinajstić information content (AvgIpc) is 2.84. The first kappa shape index (κ1) is 13.0. The highest BCUT2D eigenvalue weighted by atomic mass is 16.5. The van der Waals surface area contributed by atoms with Crippen molar-refractivity contribution in [2.75, 3.05) is 19.7 Å². The number of aryl methyl sites for hydroxylation is 1. The molecule has 0 aliphatic carbocycles. The first-order valence-corrected chi connectivity index (χ1v) is 6.13. The number of carbonyl (C=O) groups is 1. The number of rotatable bonds is 3. The van der Waals surface area contributed by atoms with Crippen LogP contribution in [0.15, 0.2) is 10.6 Å². The Bertz CT molecular complexity index is 410. The molecule has 1 aromatic rings. The van der Waals surface area contributed by atoms with Crippen molar-refractivity contribution in [3.05, 3.63) is 17.5 Å². The summed E-state index contributed by atoms with van der Waals surface area (Å²) in [5, 5.41) is 22.1. The second-order valence-electron chi connectivity index (χ2n) is 4.70. The number of hydrogen-bond donors (Lipinski definition) is 2. The molecule has 2 rings (SSSR count). The van der Waals surface area contributed by atoms with Crippen LogP contribution in [0.4, 0.5) is 0 Å². The number of aromatic nitrogens is 1. The van der Waals surface area contributed by atoms with E-state index in [0.29, 0.717) is 37.4 Å². The van der Waals surface area contributed by atoms with Gasteiger partial charge in [0.05, 0.1) is 12.7 Å². The summed E-state index contributed by atoms with van der Waals surface area (Å²) in [6, 6.07) is 1.62. The van der Waals surface area contributed by atoms with Crippen LogP contribution in [0.1, 0.15) is 29.1 Å². The van der Waals surface area contributed by atoms with Crippen LogP contribution in [0.3, 0.4) is 0 Å². The SMILES string of the molecule is Cc1cc(C(=O)N2CCC(C(O)CO)CC2)no1. The highest BCUT2D eigenvalue weighted by Crippen LogP contribution is 2.21. The highest BCUT2D eigenvalue weighted by Gasteiger charge is 2.28. The Morgan fingerprint density at radius 2 is 2.28 bits per heavy atom. The zero-order chi connectivity index (χ0) is 13.1. The van der Waals surface area contributed by atoms with Gasteiger partial charge in [-0.2, -0.15) is 0 Å². The van der Waals surface area contributed by atoms with E-state index in [4.69, 9.17) is 9.63 Å². The highest BCUT2D eigenvalue weighted by molar-refractivity contribution is 5.92. The van der Waals surface area contributed by atoms with Gasteiger partial charge in [0, 0.05) is 19.2 Å². The molecule has 0 saturated carbocycles. The van der Waals surface area contributed by atoms with Crippen molar-refractivity contribution in [1.29, 1.82) is 0 Å². The largest absolute Gasteiger partial charge is 0.394 e. The van der Waals surface area contributed by atoms with E-state index in [1.165, 1.54) is 0 Å². The summed E-state index contributed by atoms with van der Waals surface area (Å²) in [7, 11) is 0. The molecule has 1 aliphatic rings. The Morgan fingerprint density at radius 1 is 1.61 bits per heavy atom. The number of aliphatic hydroxyl groups excluding tert-OH is 2. The van der Waals surface area contributed by atoms with E-state index in [0.717, 1.165) is 0 Å². The number of carbonyl (C=O) groups excluding carboxylic acids is 1. The van der Waals surface area contributed by atoms with Gasteiger partial charge < -0.3 is 19.6 Å². The lowest BCUT2D eigenvalue weighted by molar-refractivity contribution is 0.0177. The molecular formula is C12H18N2O4. The lowest BCUT2D eigenvalue weighted by atomic mass is 9.91. The smallest absolute Gasteiger partial charge is 0.276 e. The monoisotopic (exact) mass is 254 g/mol. The normalized spacial score (nSPS) is 18.9. The fourth-order valence-electron chi connectivity index (χ4n) is 2.27. The fourth-order valence-corrected chi connectivity index (χ4v) is 2.27. The van der Waals surface area contributed by atoms with Crippen LogP contribution >= 0.6 is 0 Å². The molecule has 1 aliphatic heterocycles. The Balaban J connectivity index is 1.92. The van der Waals surface area contributed by atoms with E-state index < -0.39 is 6.10 Å². The van der Waals surface area contributed by atoms with Crippen LogP contribution in [0.25, 0.3) is 0 Å². The van der Waals surface area contributed by atoms with Crippen molar-refractivity contribution in [2.45, 2.75) is 25.9 Å². The van der Waals surface area contributed by atoms with Crippen molar-refractivity contribution in [3.8, 4) is 0 Å². The summed E-state index contributed by atoms with van der Waals surface area (Å²) < 4.78 is 4.88. The maximum Gasteiger partial charge on any atom is 0.276 e. The van der Waals surface area contributed by atoms with Crippen LogP contribution in [0, 0.1) is 12.8 Å². The van der Waals surface area contributed by atoms with Gasteiger partial charge in [0.15, 0.2) is 5.69 Å². The standard InChI is InChI=1S/C12H18N2O4/c1-8-6-10(13-18-8)12(17)14-4-2-9(3-5-14)11(16)7-15/h6,9,11,15-16H,2-5,7H2,1H3. The molecule has 2 heterocycles. The van der Waals surface area contributed by atoms with E-state index in [1.807, 2.05) is 0 Å². The second-order valence-corrected chi connectivity index (χ2v) is 4.70. The minimum Gasteiger partial charge on any atom is -0.394 e. The molecule has 0 bridgehead atoms. The molecule has 0 aromatic carbocycles. The van der Waals surface area contributed by atoms with Gasteiger partial charge in [0.25, 0.3) is 5.91 Å². The fraction of sp³-hybridized carbons (Fsp3) is 0.667. The Morgan fingerprint density at radius 3 is 2.78 bits per heavy atom. The van der Waals surface area contributed by atoms with Crippen molar-refractivity contribution in [3.63, 3.8) is 0 Å². The summed E-state index contributed by atoms with van der Waals surface area (Å²) >= 11 is 0. The van der Waals surface area contributed by atoms with Crippen molar-refractivity contribution < 1.29 is 19.5 Å². The molecule has 6 heteroatoms. The van der Waals surface area contributed by atoms with Gasteiger partial charge in [0.1, 0.15) is 5.76 Å². The van der Waals surface area contributed by atoms with E-state index in [1.54, 1.807) is 17.9 Å². The molecular weight excluding hydrogens is 236 g/mol. The van der Waals surface area contributed by atoms with E-state index in [-0.39, 0.29) is 18.4 Å². The van der Waals surface area contributed by atoms with Crippen LogP contribution in [-0.2, 0) is 0 Å². The van der Waals surface area contributed by atoms with Gasteiger partial charge in [-0.1, -0.05) is 5.16 Å². The maximum atomic E-state index is 12.1. The lowest BCUT2D eigenvalue weighted by Crippen LogP contribution is -2.42. The minimum absolute atomic E-state index is 0.0677. The zero-order valence-electron chi connectivity index (χ0n) is 10.4. The van der Waals surface area contributed by atoms with E-state index in [9.17, 15) is 9.90 Å². The Labute approximate surface area is 105 Å². The third-order valence-corrected chi connectivity index (χ3v) is 3.41. The first-order valence-electron chi connectivity index (χ1n) is 6.13. The van der Waals surface area contributed by atoms with Gasteiger partial charge in [-0.25, -0.2) is 0 Å². The first-order chi connectivity index (χ1) is 8.61. The van der Waals surface area contributed by atoms with Crippen molar-refractivity contribution in [1.82, 2.24) is 10.1 Å². The molecule has 6 nitrogen and oxygen atoms in total. The predicted octanol–water partition coefficient (Wildman–Crippen LogP) is 0.188. The van der Waals surface area contributed by atoms with Crippen LogP contribution in [0.5, 0.6) is 0 Å². The Hall–Kier alpha value is -1.40. The predicted molar refractivity (Wildman–Crippen MR) is 63.0 cm³/mol. The molecule has 1 amide bonds. The average molecular weight is 254 g/mol. The van der Waals surface area contributed by atoms with Crippen LogP contribution in [-0.4, -0.2) is 52.0 Å². The van der Waals surface area contributed by atoms with Gasteiger partial charge in [-0.05, 0) is 25.7 Å². The van der Waals surface area contributed by atoms with Gasteiger partial charge >= 0.3 is 0 Å². The number of amides is 1. The molecule has 100 valence electrons. The van der Waals surface area contributed by atoms with Gasteiger partial charge in [-0.15, -0.1) is 0 Å². The summed E-state index contributed by atoms with van der Waals surface area (Å²) in [6.45, 7) is 2.67. The maximum absolute atomic E-state index is 12.1. The topological polar surface area (TPSA) is 86.8 Å². The molecule has 1 unspecified atom stereocenters. The third-order valence-electron chi connectivity index (χ3n) is 3.41. The molecule has 0 spiro atoms. The lowest BCUT2D eigenvalue weighted by Gasteiger charge is -2.33. The summed E-state index contributed by atoms with van der Waals surface area (Å²) in [4.78, 5) is 13.8. The number of hydrogen-bond acceptors (Lipinski definition) is 5. The number of nitrogens with zero attached hydrogens (tertiary/aromatic N) is 2. The summed E-state index contributed by atoms with van der Waals surface area (Å²) in [6.07, 6.45) is 0.714. The van der Waals surface area contributed by atoms with E-state index >= 15 is 0 Å². The molecule has 2 N–H and O–H groups in total. The van der Waals surface area contributed by atoms with Crippen molar-refractivity contribution >= 4 is 5.91 Å². The number of likely N-dealkylation sites (tertiary alicyclic amines) is 1. The summed E-state index contributed by atoms with van der Waals surface area (Å²) in [5.74, 6) is 0.547. The molecule has 1 aromatic heterocycles. The quantitative estimate of drug-likeness (QED) is 0.804. The van der Waals surface area contributed by atoms with Crippen molar-refractivity contribution in [2.24, 2.45) is 5.92 Å². The zero-order valence-corrected chi connectivity index (χ0v) is 10.4. The van der Waals surface area contributed by atoms with Gasteiger partial charge in [0.2, 0.25) is 0 Å². The van der Waals surface area contributed by atoms with Crippen LogP contribution in [0.2, 0.25) is 0 Å². The Kier molecular flexibility index (Phi) is 3.98. The molecule has 0 radical (unpaired) electrons.